The Bertz CT molecular complexity index is 814. The second-order valence-electron chi connectivity index (χ2n) is 13.8. The van der Waals surface area contributed by atoms with Crippen LogP contribution in [0.5, 0.6) is 0 Å². The van der Waals surface area contributed by atoms with Gasteiger partial charge in [-0.15, -0.1) is 0 Å². The monoisotopic (exact) mass is 426 g/mol. The fourth-order valence-corrected chi connectivity index (χ4v) is 10.3. The summed E-state index contributed by atoms with van der Waals surface area (Å²) in [5.74, 6) is 3.30. The second-order valence-corrected chi connectivity index (χ2v) is 13.8. The molecule has 3 unspecified atom stereocenters. The molecule has 31 heavy (non-hydrogen) atoms. The largest absolute Gasteiger partial charge is 0.393 e. The molecule has 0 aromatic heterocycles. The van der Waals surface area contributed by atoms with Gasteiger partial charge in [-0.1, -0.05) is 54.0 Å². The number of rotatable bonds is 0. The molecule has 0 heterocycles. The van der Waals surface area contributed by atoms with E-state index in [-0.39, 0.29) is 28.3 Å². The number of fused-ring (bicyclic) bond motifs is 7. The summed E-state index contributed by atoms with van der Waals surface area (Å²) in [5.41, 5.74) is 2.11. The Labute approximate surface area is 190 Å². The molecule has 4 fully saturated rings. The van der Waals surface area contributed by atoms with Crippen molar-refractivity contribution in [3.63, 3.8) is 0 Å². The molecule has 0 bridgehead atoms. The van der Waals surface area contributed by atoms with Gasteiger partial charge in [0.2, 0.25) is 0 Å². The lowest BCUT2D eigenvalue weighted by atomic mass is 9.34. The van der Waals surface area contributed by atoms with Crippen molar-refractivity contribution < 1.29 is 9.90 Å². The Morgan fingerprint density at radius 2 is 1.58 bits per heavy atom. The first-order valence-electron chi connectivity index (χ1n) is 13.3. The molecular weight excluding hydrogens is 380 g/mol. The molecule has 2 heteroatoms. The lowest BCUT2D eigenvalue weighted by molar-refractivity contribution is -0.185. The van der Waals surface area contributed by atoms with E-state index in [1.54, 1.807) is 0 Å². The third-order valence-electron chi connectivity index (χ3n) is 12.7. The molecule has 0 spiro atoms. The van der Waals surface area contributed by atoms with Crippen molar-refractivity contribution in [3.05, 3.63) is 11.6 Å². The smallest absolute Gasteiger partial charge is 0.159 e. The van der Waals surface area contributed by atoms with Gasteiger partial charge in [-0.05, 0) is 109 Å². The van der Waals surface area contributed by atoms with Gasteiger partial charge < -0.3 is 5.11 Å². The van der Waals surface area contributed by atoms with Crippen molar-refractivity contribution in [2.45, 2.75) is 106 Å². The predicted octanol–water partition coefficient (Wildman–Crippen LogP) is 6.81. The number of carbonyl (C=O) groups is 1. The number of aliphatic hydroxyl groups is 1. The van der Waals surface area contributed by atoms with Gasteiger partial charge in [-0.3, -0.25) is 4.79 Å². The molecule has 0 radical (unpaired) electrons. The molecule has 5 aliphatic carbocycles. The summed E-state index contributed by atoms with van der Waals surface area (Å²) < 4.78 is 0. The highest BCUT2D eigenvalue weighted by atomic mass is 16.3. The molecule has 5 aliphatic rings. The van der Waals surface area contributed by atoms with Crippen LogP contribution in [0, 0.1) is 57.2 Å². The Morgan fingerprint density at radius 1 is 0.871 bits per heavy atom. The Morgan fingerprint density at radius 3 is 2.29 bits per heavy atom. The molecule has 2 nitrogen and oxygen atoms in total. The maximum Gasteiger partial charge on any atom is 0.159 e. The van der Waals surface area contributed by atoms with E-state index < -0.39 is 0 Å². The highest BCUT2D eigenvalue weighted by Gasteiger charge is 2.68. The van der Waals surface area contributed by atoms with Gasteiger partial charge in [-0.2, -0.15) is 0 Å². The highest BCUT2D eigenvalue weighted by molar-refractivity contribution is 5.95. The molecule has 0 aliphatic heterocycles. The van der Waals surface area contributed by atoms with Crippen LogP contribution in [0.4, 0.5) is 0 Å². The van der Waals surface area contributed by atoms with Gasteiger partial charge in [0.25, 0.3) is 0 Å². The zero-order chi connectivity index (χ0) is 22.6. The Kier molecular flexibility index (Phi) is 4.80. The average Bonchev–Trinajstić information content (AvgIpc) is 2.70. The van der Waals surface area contributed by atoms with Crippen LogP contribution in [0.3, 0.4) is 0 Å². The van der Waals surface area contributed by atoms with E-state index in [2.05, 4.69) is 54.5 Å². The number of hydrogen-bond donors (Lipinski definition) is 1. The van der Waals surface area contributed by atoms with E-state index in [4.69, 9.17) is 0 Å². The van der Waals surface area contributed by atoms with E-state index in [0.717, 1.165) is 25.2 Å². The van der Waals surface area contributed by atoms with E-state index in [1.807, 2.05) is 0 Å². The third-order valence-corrected chi connectivity index (χ3v) is 12.7. The molecular formula is C29H46O2. The maximum absolute atomic E-state index is 14.1. The lowest BCUT2D eigenvalue weighted by Crippen LogP contribution is -2.65. The van der Waals surface area contributed by atoms with E-state index in [0.29, 0.717) is 34.9 Å². The summed E-state index contributed by atoms with van der Waals surface area (Å²) >= 11 is 0. The molecule has 5 rings (SSSR count). The normalized spacial score (nSPS) is 59.0. The summed E-state index contributed by atoms with van der Waals surface area (Å²) in [7, 11) is 0. The molecule has 174 valence electrons. The number of ketones is 1. The molecule has 0 aromatic carbocycles. The second kappa shape index (κ2) is 6.71. The standard InChI is InChI=1S/C29H46O2/c1-17-8-11-26(4)14-15-28(6)21(24(26)18(17)2)16-23(31)25-27(5)12-10-22(30)19(3)20(27)9-13-29(25,28)7/h16-20,22,24-25,30H,8-15H2,1-7H3/t17-,18+,19?,20?,22?,24+,25-,26-,27+,28-,29-/m1/s1. The van der Waals surface area contributed by atoms with Gasteiger partial charge in [0.1, 0.15) is 0 Å². The highest BCUT2D eigenvalue weighted by Crippen LogP contribution is 2.74. The van der Waals surface area contributed by atoms with Crippen LogP contribution >= 0.6 is 0 Å². The molecule has 1 N–H and O–H groups in total. The SMILES string of the molecule is CC1C(O)CC[C@@]2(C)C1CC[C@]1(C)[C@@H]2C(=O)C=C2[C@@H]3[C@@H](C)[C@H](C)CC[C@]3(C)CC[C@]21C. The summed E-state index contributed by atoms with van der Waals surface area (Å²) in [6, 6.07) is 0. The Balaban J connectivity index is 1.63. The zero-order valence-corrected chi connectivity index (χ0v) is 21.1. The summed E-state index contributed by atoms with van der Waals surface area (Å²) in [6.45, 7) is 17.1. The van der Waals surface area contributed by atoms with Crippen LogP contribution in [0.1, 0.15) is 99.8 Å². The minimum atomic E-state index is -0.192. The maximum atomic E-state index is 14.1. The van der Waals surface area contributed by atoms with Crippen LogP contribution in [-0.4, -0.2) is 17.0 Å². The van der Waals surface area contributed by atoms with Gasteiger partial charge in [-0.25, -0.2) is 0 Å². The van der Waals surface area contributed by atoms with Crippen LogP contribution in [0.15, 0.2) is 11.6 Å². The average molecular weight is 427 g/mol. The van der Waals surface area contributed by atoms with E-state index in [1.165, 1.54) is 37.7 Å². The number of aliphatic hydroxyl groups excluding tert-OH is 1. The molecule has 0 amide bonds. The lowest BCUT2D eigenvalue weighted by Gasteiger charge is -2.69. The predicted molar refractivity (Wildman–Crippen MR) is 126 cm³/mol. The first-order valence-corrected chi connectivity index (χ1v) is 13.3. The molecule has 0 aromatic rings. The van der Waals surface area contributed by atoms with Gasteiger partial charge in [0, 0.05) is 5.92 Å². The summed E-state index contributed by atoms with van der Waals surface area (Å²) in [4.78, 5) is 14.1. The molecule has 4 saturated carbocycles. The summed E-state index contributed by atoms with van der Waals surface area (Å²) in [6.07, 6.45) is 11.4. The minimum Gasteiger partial charge on any atom is -0.393 e. The van der Waals surface area contributed by atoms with Gasteiger partial charge in [0.05, 0.1) is 6.10 Å². The van der Waals surface area contributed by atoms with Crippen LogP contribution in [0.2, 0.25) is 0 Å². The van der Waals surface area contributed by atoms with E-state index in [9.17, 15) is 9.90 Å². The number of hydrogen-bond acceptors (Lipinski definition) is 2. The first kappa shape index (κ1) is 22.2. The third kappa shape index (κ3) is 2.64. The number of allylic oxidation sites excluding steroid dienone is 2. The fourth-order valence-electron chi connectivity index (χ4n) is 10.3. The quantitative estimate of drug-likeness (QED) is 0.462. The topological polar surface area (TPSA) is 37.3 Å². The van der Waals surface area contributed by atoms with Crippen LogP contribution in [-0.2, 0) is 4.79 Å². The van der Waals surface area contributed by atoms with Crippen molar-refractivity contribution in [1.29, 1.82) is 0 Å². The van der Waals surface area contributed by atoms with Crippen LogP contribution in [0.25, 0.3) is 0 Å². The molecule has 0 saturated heterocycles. The van der Waals surface area contributed by atoms with Crippen molar-refractivity contribution in [2.75, 3.05) is 0 Å². The Hall–Kier alpha value is -0.630. The minimum absolute atomic E-state index is 0.0278. The van der Waals surface area contributed by atoms with E-state index >= 15 is 0 Å². The number of carbonyl (C=O) groups excluding carboxylic acids is 1. The van der Waals surface area contributed by atoms with Crippen molar-refractivity contribution in [1.82, 2.24) is 0 Å². The van der Waals surface area contributed by atoms with Gasteiger partial charge in [0.15, 0.2) is 5.78 Å². The van der Waals surface area contributed by atoms with Crippen molar-refractivity contribution in [3.8, 4) is 0 Å². The molecule has 11 atom stereocenters. The van der Waals surface area contributed by atoms with Gasteiger partial charge >= 0.3 is 0 Å². The van der Waals surface area contributed by atoms with Crippen LogP contribution < -0.4 is 0 Å². The zero-order valence-electron chi connectivity index (χ0n) is 21.1. The fraction of sp³-hybridized carbons (Fsp3) is 0.897. The van der Waals surface area contributed by atoms with Crippen molar-refractivity contribution in [2.24, 2.45) is 57.2 Å². The van der Waals surface area contributed by atoms with Crippen molar-refractivity contribution >= 4 is 5.78 Å². The first-order chi connectivity index (χ1) is 14.4. The summed E-state index contributed by atoms with van der Waals surface area (Å²) in [5, 5.41) is 10.6.